The third-order valence-corrected chi connectivity index (χ3v) is 9.94. The van der Waals surface area contributed by atoms with Crippen molar-refractivity contribution in [1.29, 1.82) is 0 Å². The number of fused-ring (bicyclic) bond motifs is 3. The van der Waals surface area contributed by atoms with Gasteiger partial charge in [-0.15, -0.1) is 0 Å². The normalized spacial score (nSPS) is 11.7. The van der Waals surface area contributed by atoms with Gasteiger partial charge in [-0.05, 0) is 64.2 Å². The van der Waals surface area contributed by atoms with E-state index in [1.165, 1.54) is 16.3 Å². The maximum absolute atomic E-state index is 5.08. The minimum atomic E-state index is 0.517. The van der Waals surface area contributed by atoms with Crippen LogP contribution >= 0.6 is 0 Å². The lowest BCUT2D eigenvalue weighted by atomic mass is 9.99. The van der Waals surface area contributed by atoms with E-state index in [0.717, 1.165) is 61.3 Å². The van der Waals surface area contributed by atoms with Crippen molar-refractivity contribution in [3.8, 4) is 50.7 Å². The number of benzene rings is 6. The molecule has 3 aromatic heterocycles. The zero-order valence-electron chi connectivity index (χ0n) is 30.0. The molecule has 0 amide bonds. The lowest BCUT2D eigenvalue weighted by Crippen LogP contribution is -2.03. The van der Waals surface area contributed by atoms with Crippen molar-refractivity contribution in [1.82, 2.24) is 24.5 Å². The second-order valence-electron chi connectivity index (χ2n) is 13.2. The van der Waals surface area contributed by atoms with Gasteiger partial charge in [0.15, 0.2) is 17.5 Å². The van der Waals surface area contributed by atoms with E-state index in [9.17, 15) is 0 Å². The molecule has 0 fully saturated rings. The summed E-state index contributed by atoms with van der Waals surface area (Å²) in [6.07, 6.45) is 7.27. The highest BCUT2D eigenvalue weighted by Gasteiger charge is 2.17. The highest BCUT2D eigenvalue weighted by Crippen LogP contribution is 2.36. The van der Waals surface area contributed by atoms with Crippen molar-refractivity contribution >= 4 is 33.0 Å². The Hall–Kier alpha value is -7.50. The molecule has 9 aromatic rings. The van der Waals surface area contributed by atoms with Gasteiger partial charge in [-0.1, -0.05) is 153 Å². The van der Waals surface area contributed by atoms with Gasteiger partial charge in [0.2, 0.25) is 0 Å². The van der Waals surface area contributed by atoms with E-state index in [4.69, 9.17) is 15.0 Å². The van der Waals surface area contributed by atoms with E-state index >= 15 is 0 Å². The Morgan fingerprint density at radius 3 is 1.82 bits per heavy atom. The fourth-order valence-electron chi connectivity index (χ4n) is 7.27. The van der Waals surface area contributed by atoms with Crippen LogP contribution in [0.4, 0.5) is 0 Å². The summed E-state index contributed by atoms with van der Waals surface area (Å²) in [5.74, 6) is 1.64. The first kappa shape index (κ1) is 33.3. The standard InChI is InChI=1S/C50H35N5/c1-3-42(35-15-7-5-8-16-35)43(4-2)50-53-48(52-49(54-50)39-18-13-17-37(31-39)40-19-14-30-51-33-40)36-26-24-34(25-27-36)38-28-29-45-44-22-11-12-23-46(44)55(47(45)32-38)41-20-9-6-10-21-41/h3-33H,1-2H2/b43-42-. The lowest BCUT2D eigenvalue weighted by Gasteiger charge is -2.13. The van der Waals surface area contributed by atoms with Gasteiger partial charge in [0.05, 0.1) is 11.0 Å². The average Bonchev–Trinajstić information content (AvgIpc) is 3.60. The second kappa shape index (κ2) is 14.5. The summed E-state index contributed by atoms with van der Waals surface area (Å²) in [6.45, 7) is 8.33. The van der Waals surface area contributed by atoms with Crippen molar-refractivity contribution in [2.75, 3.05) is 0 Å². The number of nitrogens with zero attached hydrogens (tertiary/aromatic N) is 5. The van der Waals surface area contributed by atoms with Gasteiger partial charge in [0, 0.05) is 51.1 Å². The molecule has 0 aliphatic carbocycles. The number of hydrogen-bond acceptors (Lipinski definition) is 4. The fraction of sp³-hybridized carbons (Fsp3) is 0. The van der Waals surface area contributed by atoms with Gasteiger partial charge >= 0.3 is 0 Å². The molecular formula is C50H35N5. The van der Waals surface area contributed by atoms with Crippen molar-refractivity contribution in [2.45, 2.75) is 0 Å². The molecule has 260 valence electrons. The number of para-hydroxylation sites is 2. The van der Waals surface area contributed by atoms with Crippen LogP contribution in [0.5, 0.6) is 0 Å². The SMILES string of the molecule is C=C/C(=C(\C=C)c1nc(-c2ccc(-c3ccc4c5ccccc5n(-c5ccccc5)c4c3)cc2)nc(-c2cccc(-c3cccnc3)c2)n1)c1ccccc1. The Morgan fingerprint density at radius 2 is 1.07 bits per heavy atom. The van der Waals surface area contributed by atoms with E-state index in [-0.39, 0.29) is 0 Å². The second-order valence-corrected chi connectivity index (χ2v) is 13.2. The van der Waals surface area contributed by atoms with Crippen LogP contribution in [0.25, 0.3) is 83.7 Å². The molecule has 0 N–H and O–H groups in total. The molecule has 0 spiro atoms. The lowest BCUT2D eigenvalue weighted by molar-refractivity contribution is 1.04. The van der Waals surface area contributed by atoms with Crippen LogP contribution in [0.3, 0.4) is 0 Å². The molecule has 0 saturated carbocycles. The molecule has 6 aromatic carbocycles. The van der Waals surface area contributed by atoms with Crippen molar-refractivity contribution in [3.63, 3.8) is 0 Å². The average molecular weight is 706 g/mol. The molecule has 5 heteroatoms. The first-order chi connectivity index (χ1) is 27.2. The zero-order chi connectivity index (χ0) is 37.1. The molecular weight excluding hydrogens is 671 g/mol. The molecule has 0 atom stereocenters. The fourth-order valence-corrected chi connectivity index (χ4v) is 7.27. The van der Waals surface area contributed by atoms with Crippen molar-refractivity contribution < 1.29 is 0 Å². The number of pyridine rings is 1. The van der Waals surface area contributed by atoms with Crippen LogP contribution in [-0.4, -0.2) is 24.5 Å². The van der Waals surface area contributed by atoms with Gasteiger partial charge in [-0.3, -0.25) is 4.98 Å². The number of allylic oxidation sites excluding steroid dienone is 4. The maximum atomic E-state index is 5.08. The number of rotatable bonds is 9. The molecule has 5 nitrogen and oxygen atoms in total. The molecule has 0 radical (unpaired) electrons. The van der Waals surface area contributed by atoms with Crippen LogP contribution in [0.2, 0.25) is 0 Å². The minimum absolute atomic E-state index is 0.517. The molecule has 3 heterocycles. The first-order valence-corrected chi connectivity index (χ1v) is 18.2. The van der Waals surface area contributed by atoms with Gasteiger partial charge in [-0.25, -0.2) is 15.0 Å². The zero-order valence-corrected chi connectivity index (χ0v) is 30.0. The summed E-state index contributed by atoms with van der Waals surface area (Å²) < 4.78 is 2.34. The van der Waals surface area contributed by atoms with E-state index in [0.29, 0.717) is 17.5 Å². The Bertz CT molecular complexity index is 2870. The minimum Gasteiger partial charge on any atom is -0.309 e. The van der Waals surface area contributed by atoms with Crippen LogP contribution in [0.15, 0.2) is 201 Å². The molecule has 0 bridgehead atoms. The third-order valence-electron chi connectivity index (χ3n) is 9.94. The van der Waals surface area contributed by atoms with Crippen LogP contribution in [-0.2, 0) is 0 Å². The predicted molar refractivity (Wildman–Crippen MR) is 227 cm³/mol. The highest BCUT2D eigenvalue weighted by molar-refractivity contribution is 6.10. The smallest absolute Gasteiger partial charge is 0.164 e. The highest BCUT2D eigenvalue weighted by atomic mass is 15.0. The first-order valence-electron chi connectivity index (χ1n) is 18.2. The predicted octanol–water partition coefficient (Wildman–Crippen LogP) is 12.3. The van der Waals surface area contributed by atoms with E-state index < -0.39 is 0 Å². The molecule has 55 heavy (non-hydrogen) atoms. The Kier molecular flexibility index (Phi) is 8.79. The van der Waals surface area contributed by atoms with Gasteiger partial charge < -0.3 is 4.57 Å². The third kappa shape index (κ3) is 6.34. The van der Waals surface area contributed by atoms with Gasteiger partial charge in [0.1, 0.15) is 0 Å². The summed E-state index contributed by atoms with van der Waals surface area (Å²) in [7, 11) is 0. The summed E-state index contributed by atoms with van der Waals surface area (Å²) in [4.78, 5) is 19.5. The summed E-state index contributed by atoms with van der Waals surface area (Å²) in [6, 6.07) is 56.6. The van der Waals surface area contributed by atoms with Crippen molar-refractivity contribution in [2.24, 2.45) is 0 Å². The molecule has 0 aliphatic heterocycles. The molecule has 0 unspecified atom stereocenters. The van der Waals surface area contributed by atoms with Crippen LogP contribution in [0, 0.1) is 0 Å². The summed E-state index contributed by atoms with van der Waals surface area (Å²) in [5, 5.41) is 2.45. The monoisotopic (exact) mass is 705 g/mol. The quantitative estimate of drug-likeness (QED) is 0.140. The molecule has 0 aliphatic rings. The van der Waals surface area contributed by atoms with Crippen LogP contribution in [0.1, 0.15) is 11.4 Å². The number of aromatic nitrogens is 5. The maximum Gasteiger partial charge on any atom is 0.164 e. The Labute approximate surface area is 320 Å². The summed E-state index contributed by atoms with van der Waals surface area (Å²) >= 11 is 0. The van der Waals surface area contributed by atoms with E-state index in [1.807, 2.05) is 54.7 Å². The van der Waals surface area contributed by atoms with Gasteiger partial charge in [0.25, 0.3) is 0 Å². The van der Waals surface area contributed by atoms with Crippen molar-refractivity contribution in [3.05, 3.63) is 213 Å². The summed E-state index contributed by atoms with van der Waals surface area (Å²) in [5.41, 5.74) is 12.1. The molecule has 9 rings (SSSR count). The van der Waals surface area contributed by atoms with E-state index in [2.05, 4.69) is 144 Å². The Morgan fingerprint density at radius 1 is 0.455 bits per heavy atom. The van der Waals surface area contributed by atoms with Gasteiger partial charge in [-0.2, -0.15) is 0 Å². The Balaban J connectivity index is 1.17. The number of hydrogen-bond donors (Lipinski definition) is 0. The largest absolute Gasteiger partial charge is 0.309 e. The topological polar surface area (TPSA) is 56.5 Å². The molecule has 0 saturated heterocycles. The van der Waals surface area contributed by atoms with Crippen LogP contribution < -0.4 is 0 Å². The van der Waals surface area contributed by atoms with E-state index in [1.54, 1.807) is 12.3 Å².